The van der Waals surface area contributed by atoms with Crippen molar-refractivity contribution >= 4 is 33.0 Å². The average Bonchev–Trinajstić information content (AvgIpc) is 2.65. The molecule has 0 aliphatic carbocycles. The number of amides is 1. The molecule has 0 heterocycles. The highest BCUT2D eigenvalue weighted by molar-refractivity contribution is 7.92. The van der Waals surface area contributed by atoms with Crippen LogP contribution in [0.2, 0.25) is 0 Å². The number of ether oxygens (including phenoxy) is 1. The normalized spacial score (nSPS) is 12.1. The molecule has 0 bridgehead atoms. The lowest BCUT2D eigenvalue weighted by Crippen LogP contribution is -2.47. The number of nitro groups is 1. The van der Waals surface area contributed by atoms with E-state index in [1.165, 1.54) is 31.4 Å². The first-order valence-electron chi connectivity index (χ1n) is 8.46. The largest absolute Gasteiger partial charge is 0.495 e. The zero-order valence-electron chi connectivity index (χ0n) is 16.0. The van der Waals surface area contributed by atoms with Crippen molar-refractivity contribution in [3.05, 3.63) is 58.4 Å². The third-order valence-corrected chi connectivity index (χ3v) is 5.24. The summed E-state index contributed by atoms with van der Waals surface area (Å²) in [5.74, 6) is -1.10. The Hall–Kier alpha value is -3.21. The second kappa shape index (κ2) is 8.86. The molecule has 1 amide bonds. The molecule has 1 N–H and O–H groups in total. The number of nitrogens with one attached hydrogen (secondary N) is 1. The number of carbonyl (C=O) groups excluding carboxylic acids is 1. The first kappa shape index (κ1) is 22.1. The number of hydrogen-bond donors (Lipinski definition) is 1. The lowest BCUT2D eigenvalue weighted by atomic mass is 10.1. The van der Waals surface area contributed by atoms with Crippen molar-refractivity contribution in [2.24, 2.45) is 0 Å². The smallest absolute Gasteiger partial charge is 0.271 e. The van der Waals surface area contributed by atoms with E-state index in [1.807, 2.05) is 0 Å². The third kappa shape index (κ3) is 5.19. The van der Waals surface area contributed by atoms with Crippen molar-refractivity contribution in [3.8, 4) is 5.75 Å². The standard InChI is InChI=1S/C18H20FN3O6S/c1-4-16(21(29(3,26)27)13-7-5-12(19)6-8-13)18(23)20-15-11-14(22(24)25)9-10-17(15)28-2/h5-11,16H,4H2,1-3H3,(H,20,23)/t16-/m0/s1. The number of methoxy groups -OCH3 is 1. The predicted octanol–water partition coefficient (Wildman–Crippen LogP) is 2.93. The van der Waals surface area contributed by atoms with Gasteiger partial charge in [-0.3, -0.25) is 19.2 Å². The molecule has 1 atom stereocenters. The number of sulfonamides is 1. The van der Waals surface area contributed by atoms with E-state index in [0.29, 0.717) is 0 Å². The van der Waals surface area contributed by atoms with E-state index in [4.69, 9.17) is 4.74 Å². The van der Waals surface area contributed by atoms with Gasteiger partial charge in [0.25, 0.3) is 5.69 Å². The van der Waals surface area contributed by atoms with Crippen LogP contribution in [0.3, 0.4) is 0 Å². The molecule has 0 spiro atoms. The van der Waals surface area contributed by atoms with Crippen LogP contribution in [0.4, 0.5) is 21.5 Å². The molecule has 0 saturated heterocycles. The number of non-ortho nitro benzene ring substituents is 1. The minimum absolute atomic E-state index is 0.0257. The minimum Gasteiger partial charge on any atom is -0.495 e. The number of carbonyl (C=O) groups is 1. The van der Waals surface area contributed by atoms with Crippen molar-refractivity contribution in [3.63, 3.8) is 0 Å². The van der Waals surface area contributed by atoms with Gasteiger partial charge in [-0.15, -0.1) is 0 Å². The summed E-state index contributed by atoms with van der Waals surface area (Å²) in [6.45, 7) is 1.61. The highest BCUT2D eigenvalue weighted by atomic mass is 32.2. The van der Waals surface area contributed by atoms with Crippen LogP contribution in [-0.2, 0) is 14.8 Å². The van der Waals surface area contributed by atoms with Gasteiger partial charge in [0.15, 0.2) is 0 Å². The van der Waals surface area contributed by atoms with E-state index in [2.05, 4.69) is 5.32 Å². The molecular formula is C18H20FN3O6S. The Kier molecular flexibility index (Phi) is 6.75. The number of anilines is 2. The molecule has 2 aromatic rings. The molecular weight excluding hydrogens is 405 g/mol. The van der Waals surface area contributed by atoms with Gasteiger partial charge in [0, 0.05) is 12.1 Å². The van der Waals surface area contributed by atoms with Crippen LogP contribution in [0, 0.1) is 15.9 Å². The summed E-state index contributed by atoms with van der Waals surface area (Å²) >= 11 is 0. The van der Waals surface area contributed by atoms with E-state index in [-0.39, 0.29) is 29.2 Å². The first-order valence-corrected chi connectivity index (χ1v) is 10.3. The van der Waals surface area contributed by atoms with Gasteiger partial charge in [-0.1, -0.05) is 6.92 Å². The van der Waals surface area contributed by atoms with Crippen molar-refractivity contribution in [2.75, 3.05) is 23.0 Å². The quantitative estimate of drug-likeness (QED) is 0.513. The van der Waals surface area contributed by atoms with Crippen molar-refractivity contribution in [2.45, 2.75) is 19.4 Å². The Morgan fingerprint density at radius 3 is 2.38 bits per heavy atom. The van der Waals surface area contributed by atoms with Gasteiger partial charge in [0.1, 0.15) is 17.6 Å². The molecule has 0 saturated carbocycles. The number of benzene rings is 2. The summed E-state index contributed by atoms with van der Waals surface area (Å²) in [6.07, 6.45) is 1.02. The summed E-state index contributed by atoms with van der Waals surface area (Å²) in [5.41, 5.74) is -0.132. The van der Waals surface area contributed by atoms with Crippen LogP contribution in [0.1, 0.15) is 13.3 Å². The second-order valence-corrected chi connectivity index (χ2v) is 7.95. The highest BCUT2D eigenvalue weighted by Crippen LogP contribution is 2.30. The van der Waals surface area contributed by atoms with Gasteiger partial charge in [0.2, 0.25) is 15.9 Å². The summed E-state index contributed by atoms with van der Waals surface area (Å²) in [5, 5.41) is 13.5. The Bertz CT molecular complexity index is 1010. The third-order valence-electron chi connectivity index (χ3n) is 4.06. The lowest BCUT2D eigenvalue weighted by Gasteiger charge is -2.30. The van der Waals surface area contributed by atoms with Gasteiger partial charge < -0.3 is 10.1 Å². The molecule has 0 unspecified atom stereocenters. The van der Waals surface area contributed by atoms with E-state index in [1.54, 1.807) is 6.92 Å². The molecule has 0 aromatic heterocycles. The maximum Gasteiger partial charge on any atom is 0.271 e. The second-order valence-electron chi connectivity index (χ2n) is 6.09. The van der Waals surface area contributed by atoms with E-state index >= 15 is 0 Å². The molecule has 0 radical (unpaired) electrons. The Balaban J connectivity index is 2.44. The molecule has 11 heteroatoms. The van der Waals surface area contributed by atoms with E-state index in [9.17, 15) is 27.7 Å². The van der Waals surface area contributed by atoms with Crippen molar-refractivity contribution in [1.82, 2.24) is 0 Å². The fourth-order valence-electron chi connectivity index (χ4n) is 2.77. The topological polar surface area (TPSA) is 119 Å². The Morgan fingerprint density at radius 2 is 1.90 bits per heavy atom. The van der Waals surface area contributed by atoms with E-state index in [0.717, 1.165) is 28.8 Å². The van der Waals surface area contributed by atoms with Gasteiger partial charge in [-0.2, -0.15) is 0 Å². The first-order chi connectivity index (χ1) is 13.6. The predicted molar refractivity (Wildman–Crippen MR) is 106 cm³/mol. The molecule has 9 nitrogen and oxygen atoms in total. The number of nitro benzene ring substituents is 1. The fourth-order valence-corrected chi connectivity index (χ4v) is 3.98. The zero-order valence-corrected chi connectivity index (χ0v) is 16.8. The van der Waals surface area contributed by atoms with Gasteiger partial charge in [-0.25, -0.2) is 12.8 Å². The van der Waals surface area contributed by atoms with Crippen LogP contribution in [0.25, 0.3) is 0 Å². The van der Waals surface area contributed by atoms with E-state index < -0.39 is 32.7 Å². The summed E-state index contributed by atoms with van der Waals surface area (Å²) < 4.78 is 44.0. The van der Waals surface area contributed by atoms with Crippen molar-refractivity contribution in [1.29, 1.82) is 0 Å². The van der Waals surface area contributed by atoms with Crippen LogP contribution >= 0.6 is 0 Å². The Morgan fingerprint density at radius 1 is 1.28 bits per heavy atom. The van der Waals surface area contributed by atoms with Gasteiger partial charge >= 0.3 is 0 Å². The summed E-state index contributed by atoms with van der Waals surface area (Å²) in [4.78, 5) is 23.3. The summed E-state index contributed by atoms with van der Waals surface area (Å²) in [7, 11) is -2.58. The van der Waals surface area contributed by atoms with Crippen molar-refractivity contribution < 1.29 is 27.3 Å². The van der Waals surface area contributed by atoms with Gasteiger partial charge in [-0.05, 0) is 36.8 Å². The molecule has 156 valence electrons. The molecule has 2 aromatic carbocycles. The van der Waals surface area contributed by atoms with Crippen LogP contribution in [-0.4, -0.2) is 38.7 Å². The lowest BCUT2D eigenvalue weighted by molar-refractivity contribution is -0.384. The SMILES string of the molecule is CC[C@@H](C(=O)Nc1cc([N+](=O)[O-])ccc1OC)N(c1ccc(F)cc1)S(C)(=O)=O. The highest BCUT2D eigenvalue weighted by Gasteiger charge is 2.32. The molecule has 0 fully saturated rings. The number of rotatable bonds is 8. The molecule has 29 heavy (non-hydrogen) atoms. The monoisotopic (exact) mass is 425 g/mol. The van der Waals surface area contributed by atoms with Crippen LogP contribution in [0.5, 0.6) is 5.75 Å². The zero-order chi connectivity index (χ0) is 21.8. The minimum atomic E-state index is -3.91. The fraction of sp³-hybridized carbons (Fsp3) is 0.278. The maximum atomic E-state index is 13.2. The average molecular weight is 425 g/mol. The maximum absolute atomic E-state index is 13.2. The summed E-state index contributed by atoms with van der Waals surface area (Å²) in [6, 6.07) is 7.14. The van der Waals surface area contributed by atoms with Crippen LogP contribution < -0.4 is 14.4 Å². The Labute approximate surface area is 167 Å². The number of nitrogens with zero attached hydrogens (tertiary/aromatic N) is 2. The number of halogens is 1. The van der Waals surface area contributed by atoms with Gasteiger partial charge in [0.05, 0.1) is 29.7 Å². The number of hydrogen-bond acceptors (Lipinski definition) is 6. The molecule has 2 rings (SSSR count). The molecule has 0 aliphatic rings. The van der Waals surface area contributed by atoms with Crippen LogP contribution in [0.15, 0.2) is 42.5 Å². The molecule has 0 aliphatic heterocycles.